The number of phenols is 1. The number of nitrogens with zero attached hydrogens (tertiary/aromatic N) is 3. The molecule has 2 heterocycles. The fourth-order valence-electron chi connectivity index (χ4n) is 3.46. The van der Waals surface area contributed by atoms with Gasteiger partial charge in [-0.2, -0.15) is 5.10 Å². The molecule has 0 saturated carbocycles. The minimum Gasteiger partial charge on any atom is -0.507 e. The summed E-state index contributed by atoms with van der Waals surface area (Å²) in [6.07, 6.45) is 4.81. The number of phenolic OH excluding ortho intramolecular Hbond substituents is 1. The van der Waals surface area contributed by atoms with E-state index in [1.54, 1.807) is 55.0 Å². The van der Waals surface area contributed by atoms with Gasteiger partial charge in [-0.3, -0.25) is 9.69 Å². The molecular weight excluding hydrogens is 474 g/mol. The van der Waals surface area contributed by atoms with Crippen molar-refractivity contribution in [3.63, 3.8) is 0 Å². The third kappa shape index (κ3) is 5.56. The van der Waals surface area contributed by atoms with E-state index in [-0.39, 0.29) is 18.2 Å². The van der Waals surface area contributed by atoms with Gasteiger partial charge in [-0.25, -0.2) is 0 Å². The molecule has 0 spiro atoms. The molecule has 7 nitrogen and oxygen atoms in total. The number of carbonyl (C=O) groups is 1. The fraction of sp³-hybridized carbons (Fsp3) is 0.0357. The first-order valence-electron chi connectivity index (χ1n) is 11.1. The molecule has 178 valence electrons. The van der Waals surface area contributed by atoms with Crippen LogP contribution in [0.25, 0.3) is 6.08 Å². The van der Waals surface area contributed by atoms with Crippen molar-refractivity contribution in [2.45, 2.75) is 6.54 Å². The molecular formula is C28H21N3O4S. The van der Waals surface area contributed by atoms with Crippen molar-refractivity contribution in [1.29, 1.82) is 0 Å². The van der Waals surface area contributed by atoms with Crippen LogP contribution in [0.1, 0.15) is 16.9 Å². The Morgan fingerprint density at radius 2 is 1.75 bits per heavy atom. The van der Waals surface area contributed by atoms with Crippen LogP contribution in [0.4, 0.5) is 0 Å². The lowest BCUT2D eigenvalue weighted by Crippen LogP contribution is -2.28. The number of amides is 1. The molecule has 0 atom stereocenters. The molecule has 0 radical (unpaired) electrons. The molecule has 1 saturated heterocycles. The van der Waals surface area contributed by atoms with E-state index in [1.165, 1.54) is 16.7 Å². The summed E-state index contributed by atoms with van der Waals surface area (Å²) >= 11 is 1.19. The first kappa shape index (κ1) is 23.2. The second-order valence-corrected chi connectivity index (χ2v) is 8.76. The van der Waals surface area contributed by atoms with Crippen molar-refractivity contribution in [1.82, 2.24) is 4.90 Å². The van der Waals surface area contributed by atoms with Crippen LogP contribution in [0.3, 0.4) is 0 Å². The highest BCUT2D eigenvalue weighted by Gasteiger charge is 2.34. The van der Waals surface area contributed by atoms with E-state index in [0.29, 0.717) is 27.1 Å². The highest BCUT2D eigenvalue weighted by Crippen LogP contribution is 2.35. The predicted molar refractivity (Wildman–Crippen MR) is 141 cm³/mol. The fourth-order valence-corrected chi connectivity index (χ4v) is 4.38. The smallest absolute Gasteiger partial charge is 0.267 e. The molecule has 0 aliphatic carbocycles. The summed E-state index contributed by atoms with van der Waals surface area (Å²) in [6.45, 7) is 0.214. The van der Waals surface area contributed by atoms with Crippen molar-refractivity contribution >= 4 is 35.1 Å². The number of benzene rings is 3. The second-order valence-electron chi connectivity index (χ2n) is 7.75. The molecule has 1 aliphatic rings. The van der Waals surface area contributed by atoms with Gasteiger partial charge in [-0.1, -0.05) is 48.5 Å². The van der Waals surface area contributed by atoms with E-state index >= 15 is 0 Å². The zero-order chi connectivity index (χ0) is 24.7. The third-order valence-electron chi connectivity index (χ3n) is 5.19. The molecule has 0 bridgehead atoms. The summed E-state index contributed by atoms with van der Waals surface area (Å²) in [7, 11) is 0. The molecule has 1 aromatic heterocycles. The van der Waals surface area contributed by atoms with E-state index in [1.807, 2.05) is 54.6 Å². The first-order chi connectivity index (χ1) is 17.7. The van der Waals surface area contributed by atoms with Crippen LogP contribution in [-0.4, -0.2) is 27.3 Å². The van der Waals surface area contributed by atoms with E-state index in [0.717, 1.165) is 11.3 Å². The van der Waals surface area contributed by atoms with Gasteiger partial charge in [0, 0.05) is 5.56 Å². The largest absolute Gasteiger partial charge is 0.507 e. The number of hydrogen-bond acceptors (Lipinski definition) is 7. The molecule has 1 amide bonds. The normalized spacial score (nSPS) is 15.9. The molecule has 8 heteroatoms. The maximum absolute atomic E-state index is 13.2. The number of rotatable bonds is 7. The number of ether oxygens (including phenoxy) is 1. The molecule has 1 fully saturated rings. The maximum atomic E-state index is 13.2. The Labute approximate surface area is 212 Å². The molecule has 1 N–H and O–H groups in total. The minimum absolute atomic E-state index is 0.0944. The lowest BCUT2D eigenvalue weighted by molar-refractivity contribution is -0.122. The Hall–Kier alpha value is -4.56. The average Bonchev–Trinajstić information content (AvgIpc) is 3.51. The van der Waals surface area contributed by atoms with Crippen LogP contribution < -0.4 is 4.74 Å². The summed E-state index contributed by atoms with van der Waals surface area (Å²) in [5, 5.41) is 19.1. The third-order valence-corrected chi connectivity index (χ3v) is 6.19. The number of thioether (sulfide) groups is 1. The summed E-state index contributed by atoms with van der Waals surface area (Å²) in [4.78, 5) is 15.1. The lowest BCUT2D eigenvalue weighted by atomic mass is 10.2. The van der Waals surface area contributed by atoms with Crippen molar-refractivity contribution in [2.75, 3.05) is 0 Å². The number of para-hydroxylation sites is 2. The van der Waals surface area contributed by atoms with Crippen LogP contribution >= 0.6 is 11.8 Å². The summed E-state index contributed by atoms with van der Waals surface area (Å²) in [6, 6.07) is 27.4. The van der Waals surface area contributed by atoms with Gasteiger partial charge in [0.15, 0.2) is 5.17 Å². The number of furan rings is 1. The maximum Gasteiger partial charge on any atom is 0.267 e. The molecule has 5 rings (SSSR count). The molecule has 1 aliphatic heterocycles. The van der Waals surface area contributed by atoms with Crippen molar-refractivity contribution < 1.29 is 19.1 Å². The zero-order valence-corrected chi connectivity index (χ0v) is 19.8. The van der Waals surface area contributed by atoms with Crippen LogP contribution in [0.5, 0.6) is 17.2 Å². The highest BCUT2D eigenvalue weighted by molar-refractivity contribution is 8.18. The SMILES string of the molecule is O=C1/C(=C/c2ccccc2O)S/C(=N\N=C\c2cccc(Oc3ccccc3)c2)N1Cc1ccco1. The van der Waals surface area contributed by atoms with Crippen LogP contribution in [-0.2, 0) is 11.3 Å². The van der Waals surface area contributed by atoms with Crippen LogP contribution in [0.15, 0.2) is 117 Å². The molecule has 36 heavy (non-hydrogen) atoms. The van der Waals surface area contributed by atoms with E-state index in [4.69, 9.17) is 9.15 Å². The Morgan fingerprint density at radius 1 is 0.944 bits per heavy atom. The summed E-state index contributed by atoms with van der Waals surface area (Å²) in [5.41, 5.74) is 1.34. The highest BCUT2D eigenvalue weighted by atomic mass is 32.2. The van der Waals surface area contributed by atoms with Crippen molar-refractivity contribution in [2.24, 2.45) is 10.2 Å². The van der Waals surface area contributed by atoms with Crippen molar-refractivity contribution in [3.8, 4) is 17.2 Å². The van der Waals surface area contributed by atoms with E-state index < -0.39 is 0 Å². The molecule has 0 unspecified atom stereocenters. The van der Waals surface area contributed by atoms with Gasteiger partial charge in [-0.15, -0.1) is 5.10 Å². The summed E-state index contributed by atoms with van der Waals surface area (Å²) < 4.78 is 11.3. The van der Waals surface area contributed by atoms with Gasteiger partial charge < -0.3 is 14.3 Å². The van der Waals surface area contributed by atoms with Gasteiger partial charge in [0.2, 0.25) is 0 Å². The summed E-state index contributed by atoms with van der Waals surface area (Å²) in [5.74, 6) is 1.89. The topological polar surface area (TPSA) is 87.6 Å². The standard InChI is InChI=1S/C28H21N3O4S/c32-25-14-5-4-9-21(25)17-26-27(33)31(19-24-13-7-15-34-24)28(36-26)30-29-18-20-8-6-12-23(16-20)35-22-10-2-1-3-11-22/h1-18,32H,19H2/b26-17-,29-18+,30-28-. The van der Waals surface area contributed by atoms with Crippen LogP contribution in [0.2, 0.25) is 0 Å². The van der Waals surface area contributed by atoms with Gasteiger partial charge in [0.1, 0.15) is 23.0 Å². The molecule has 4 aromatic rings. The van der Waals surface area contributed by atoms with E-state index in [2.05, 4.69) is 10.2 Å². The monoisotopic (exact) mass is 495 g/mol. The van der Waals surface area contributed by atoms with Gasteiger partial charge in [0.05, 0.1) is 23.9 Å². The second kappa shape index (κ2) is 10.8. The number of hydrogen-bond donors (Lipinski definition) is 1. The predicted octanol–water partition coefficient (Wildman–Crippen LogP) is 6.28. The Kier molecular flexibility index (Phi) is 6.95. The number of amidine groups is 1. The zero-order valence-electron chi connectivity index (χ0n) is 19.0. The van der Waals surface area contributed by atoms with Gasteiger partial charge >= 0.3 is 0 Å². The quantitative estimate of drug-likeness (QED) is 0.185. The van der Waals surface area contributed by atoms with Crippen molar-refractivity contribution in [3.05, 3.63) is 119 Å². The minimum atomic E-state index is -0.244. The van der Waals surface area contributed by atoms with E-state index in [9.17, 15) is 9.90 Å². The van der Waals surface area contributed by atoms with Gasteiger partial charge in [0.25, 0.3) is 5.91 Å². The van der Waals surface area contributed by atoms with Crippen LogP contribution in [0, 0.1) is 0 Å². The van der Waals surface area contributed by atoms with Gasteiger partial charge in [-0.05, 0) is 65.9 Å². The molecule has 3 aromatic carbocycles. The number of carbonyl (C=O) groups excluding carboxylic acids is 1. The first-order valence-corrected chi connectivity index (χ1v) is 11.9. The lowest BCUT2D eigenvalue weighted by Gasteiger charge is -2.12. The number of aromatic hydroxyl groups is 1. The Bertz CT molecular complexity index is 1450. The Morgan fingerprint density at radius 3 is 2.56 bits per heavy atom. The Balaban J connectivity index is 1.38. The average molecular weight is 496 g/mol.